The molecule has 2 heterocycles. The molecule has 5 nitrogen and oxygen atoms in total. The standard InChI is InChI=1S/C18H23N3O2S/c1-3-17-19-14(13-24-17)12-20-8-10-21(11-9-20)18(22)15-6-4-5-7-16(15)23-2/h4-7,13H,3,8-12H2,1-2H3. The summed E-state index contributed by atoms with van der Waals surface area (Å²) in [5, 5.41) is 3.33. The first-order valence-electron chi connectivity index (χ1n) is 8.29. The van der Waals surface area contributed by atoms with Gasteiger partial charge in [0.05, 0.1) is 23.4 Å². The van der Waals surface area contributed by atoms with Crippen molar-refractivity contribution in [2.75, 3.05) is 33.3 Å². The lowest BCUT2D eigenvalue weighted by Gasteiger charge is -2.34. The molecule has 1 aromatic heterocycles. The van der Waals surface area contributed by atoms with Crippen molar-refractivity contribution < 1.29 is 9.53 Å². The summed E-state index contributed by atoms with van der Waals surface area (Å²) in [5.41, 5.74) is 1.78. The molecule has 0 unspecified atom stereocenters. The predicted octanol–water partition coefficient (Wildman–Crippen LogP) is 2.67. The Balaban J connectivity index is 1.57. The summed E-state index contributed by atoms with van der Waals surface area (Å²) in [6.45, 7) is 6.22. The van der Waals surface area contributed by atoms with Crippen molar-refractivity contribution in [2.45, 2.75) is 19.9 Å². The van der Waals surface area contributed by atoms with E-state index >= 15 is 0 Å². The number of methoxy groups -OCH3 is 1. The molecule has 1 aliphatic heterocycles. The molecule has 0 atom stereocenters. The minimum Gasteiger partial charge on any atom is -0.496 e. The molecular formula is C18H23N3O2S. The second-order valence-corrected chi connectivity index (χ2v) is 6.80. The third-order valence-corrected chi connectivity index (χ3v) is 5.33. The maximum atomic E-state index is 12.7. The van der Waals surface area contributed by atoms with E-state index in [1.54, 1.807) is 18.4 Å². The van der Waals surface area contributed by atoms with Gasteiger partial charge in [0, 0.05) is 38.1 Å². The van der Waals surface area contributed by atoms with Crippen LogP contribution in [0, 0.1) is 0 Å². The molecular weight excluding hydrogens is 322 g/mol. The smallest absolute Gasteiger partial charge is 0.257 e. The summed E-state index contributed by atoms with van der Waals surface area (Å²) >= 11 is 1.73. The fourth-order valence-corrected chi connectivity index (χ4v) is 3.65. The first-order chi connectivity index (χ1) is 11.7. The van der Waals surface area contributed by atoms with Gasteiger partial charge in [-0.15, -0.1) is 11.3 Å². The molecule has 0 radical (unpaired) electrons. The predicted molar refractivity (Wildman–Crippen MR) is 95.7 cm³/mol. The first-order valence-corrected chi connectivity index (χ1v) is 9.17. The summed E-state index contributed by atoms with van der Waals surface area (Å²) in [5.74, 6) is 0.688. The molecule has 0 aliphatic carbocycles. The number of carbonyl (C=O) groups excluding carboxylic acids is 1. The lowest BCUT2D eigenvalue weighted by molar-refractivity contribution is 0.0624. The largest absolute Gasteiger partial charge is 0.496 e. The lowest BCUT2D eigenvalue weighted by Crippen LogP contribution is -2.48. The van der Waals surface area contributed by atoms with Crippen LogP contribution in [-0.2, 0) is 13.0 Å². The SMILES string of the molecule is CCc1nc(CN2CCN(C(=O)c3ccccc3OC)CC2)cs1. The number of amides is 1. The van der Waals surface area contributed by atoms with Crippen LogP contribution in [0.1, 0.15) is 28.0 Å². The van der Waals surface area contributed by atoms with Gasteiger partial charge in [-0.1, -0.05) is 19.1 Å². The number of carbonyl (C=O) groups is 1. The molecule has 1 aromatic carbocycles. The van der Waals surface area contributed by atoms with E-state index in [1.165, 1.54) is 5.01 Å². The first kappa shape index (κ1) is 16.9. The zero-order valence-corrected chi connectivity index (χ0v) is 15.0. The van der Waals surface area contributed by atoms with E-state index in [9.17, 15) is 4.79 Å². The lowest BCUT2D eigenvalue weighted by atomic mass is 10.1. The zero-order valence-electron chi connectivity index (χ0n) is 14.2. The van der Waals surface area contributed by atoms with Crippen molar-refractivity contribution in [1.29, 1.82) is 0 Å². The number of para-hydroxylation sites is 1. The van der Waals surface area contributed by atoms with E-state index in [2.05, 4.69) is 22.2 Å². The Labute approximate surface area is 146 Å². The highest BCUT2D eigenvalue weighted by molar-refractivity contribution is 7.09. The van der Waals surface area contributed by atoms with Crippen molar-refractivity contribution in [3.63, 3.8) is 0 Å². The summed E-state index contributed by atoms with van der Waals surface area (Å²) in [4.78, 5) is 21.6. The fourth-order valence-electron chi connectivity index (χ4n) is 2.91. The van der Waals surface area contributed by atoms with Crippen LogP contribution in [0.4, 0.5) is 0 Å². The highest BCUT2D eigenvalue weighted by atomic mass is 32.1. The van der Waals surface area contributed by atoms with Gasteiger partial charge in [0.2, 0.25) is 0 Å². The molecule has 0 bridgehead atoms. The van der Waals surface area contributed by atoms with Crippen LogP contribution in [0.15, 0.2) is 29.6 Å². The highest BCUT2D eigenvalue weighted by Crippen LogP contribution is 2.20. The van der Waals surface area contributed by atoms with Crippen LogP contribution < -0.4 is 4.74 Å². The Kier molecular flexibility index (Phi) is 5.48. The Hall–Kier alpha value is -1.92. The molecule has 128 valence electrons. The van der Waals surface area contributed by atoms with Crippen LogP contribution in [0.3, 0.4) is 0 Å². The Bertz CT molecular complexity index is 693. The number of rotatable bonds is 5. The average Bonchev–Trinajstić information content (AvgIpc) is 3.09. The molecule has 24 heavy (non-hydrogen) atoms. The number of ether oxygens (including phenoxy) is 1. The Morgan fingerprint density at radius 2 is 2.00 bits per heavy atom. The number of thiazole rings is 1. The molecule has 0 N–H and O–H groups in total. The van der Waals surface area contributed by atoms with E-state index in [1.807, 2.05) is 29.2 Å². The number of hydrogen-bond acceptors (Lipinski definition) is 5. The third-order valence-electron chi connectivity index (χ3n) is 4.28. The van der Waals surface area contributed by atoms with Gasteiger partial charge in [0.1, 0.15) is 5.75 Å². The molecule has 3 rings (SSSR count). The third kappa shape index (κ3) is 3.76. The maximum Gasteiger partial charge on any atom is 0.257 e. The normalized spacial score (nSPS) is 15.5. The van der Waals surface area contributed by atoms with Gasteiger partial charge < -0.3 is 9.64 Å². The Morgan fingerprint density at radius 1 is 1.25 bits per heavy atom. The second kappa shape index (κ2) is 7.77. The average molecular weight is 345 g/mol. The summed E-state index contributed by atoms with van der Waals surface area (Å²) in [6.07, 6.45) is 0.992. The number of aromatic nitrogens is 1. The van der Waals surface area contributed by atoms with Crippen LogP contribution in [-0.4, -0.2) is 54.0 Å². The van der Waals surface area contributed by atoms with Gasteiger partial charge in [-0.05, 0) is 18.6 Å². The van der Waals surface area contributed by atoms with Gasteiger partial charge in [0.25, 0.3) is 5.91 Å². The number of nitrogens with zero attached hydrogens (tertiary/aromatic N) is 3. The molecule has 1 aliphatic rings. The maximum absolute atomic E-state index is 12.7. The van der Waals surface area contributed by atoms with E-state index in [4.69, 9.17) is 4.74 Å². The van der Waals surface area contributed by atoms with E-state index in [-0.39, 0.29) is 5.91 Å². The highest BCUT2D eigenvalue weighted by Gasteiger charge is 2.24. The monoisotopic (exact) mass is 345 g/mol. The van der Waals surface area contributed by atoms with Crippen LogP contribution in [0.2, 0.25) is 0 Å². The number of piperazine rings is 1. The summed E-state index contributed by atoms with van der Waals surface area (Å²) in [7, 11) is 1.60. The molecule has 1 fully saturated rings. The number of hydrogen-bond donors (Lipinski definition) is 0. The summed E-state index contributed by atoms with van der Waals surface area (Å²) < 4.78 is 5.31. The van der Waals surface area contributed by atoms with Crippen molar-refractivity contribution in [1.82, 2.24) is 14.8 Å². The van der Waals surface area contributed by atoms with Crippen molar-refractivity contribution >= 4 is 17.2 Å². The molecule has 0 saturated carbocycles. The second-order valence-electron chi connectivity index (χ2n) is 5.85. The summed E-state index contributed by atoms with van der Waals surface area (Å²) in [6, 6.07) is 7.41. The minimum atomic E-state index is 0.0500. The van der Waals surface area contributed by atoms with Gasteiger partial charge in [-0.25, -0.2) is 4.98 Å². The van der Waals surface area contributed by atoms with Crippen molar-refractivity contribution in [3.8, 4) is 5.75 Å². The molecule has 2 aromatic rings. The molecule has 0 spiro atoms. The number of aryl methyl sites for hydroxylation is 1. The topological polar surface area (TPSA) is 45.7 Å². The minimum absolute atomic E-state index is 0.0500. The van der Waals surface area contributed by atoms with Crippen LogP contribution in [0.25, 0.3) is 0 Å². The molecule has 1 saturated heterocycles. The van der Waals surface area contributed by atoms with Crippen LogP contribution >= 0.6 is 11.3 Å². The quantitative estimate of drug-likeness (QED) is 0.836. The van der Waals surface area contributed by atoms with Gasteiger partial charge in [-0.2, -0.15) is 0 Å². The van der Waals surface area contributed by atoms with E-state index in [0.29, 0.717) is 11.3 Å². The van der Waals surface area contributed by atoms with Crippen molar-refractivity contribution in [2.24, 2.45) is 0 Å². The van der Waals surface area contributed by atoms with E-state index in [0.717, 1.165) is 44.8 Å². The van der Waals surface area contributed by atoms with Crippen molar-refractivity contribution in [3.05, 3.63) is 45.9 Å². The van der Waals surface area contributed by atoms with E-state index < -0.39 is 0 Å². The zero-order chi connectivity index (χ0) is 16.9. The van der Waals surface area contributed by atoms with Gasteiger partial charge in [-0.3, -0.25) is 9.69 Å². The van der Waals surface area contributed by atoms with Gasteiger partial charge >= 0.3 is 0 Å². The fraction of sp³-hybridized carbons (Fsp3) is 0.444. The molecule has 6 heteroatoms. The Morgan fingerprint density at radius 3 is 2.67 bits per heavy atom. The van der Waals surface area contributed by atoms with Crippen LogP contribution in [0.5, 0.6) is 5.75 Å². The van der Waals surface area contributed by atoms with Gasteiger partial charge in [0.15, 0.2) is 0 Å². The number of benzene rings is 1. The molecule has 1 amide bonds.